The minimum Gasteiger partial charge on any atom is -0.369 e. The monoisotopic (exact) mass is 228 g/mol. The lowest BCUT2D eigenvalue weighted by atomic mass is 9.90. The quantitative estimate of drug-likeness (QED) is 0.480. The molecule has 0 bridgehead atoms. The molecule has 1 aliphatic carbocycles. The van der Waals surface area contributed by atoms with E-state index >= 15 is 0 Å². The van der Waals surface area contributed by atoms with Gasteiger partial charge < -0.3 is 10.2 Å². The highest BCUT2D eigenvalue weighted by Gasteiger charge is 2.40. The van der Waals surface area contributed by atoms with Crippen molar-refractivity contribution in [3.8, 4) is 24.7 Å². The van der Waals surface area contributed by atoms with Crippen molar-refractivity contribution in [2.75, 3.05) is 0 Å². The molecular formula is C10H6Cl2O2. The summed E-state index contributed by atoms with van der Waals surface area (Å²) in [6.07, 6.45) is 12.4. The number of halogens is 2. The summed E-state index contributed by atoms with van der Waals surface area (Å²) < 4.78 is 0. The molecule has 14 heavy (non-hydrogen) atoms. The Bertz CT molecular complexity index is 373. The Hall–Kier alpha value is -0.900. The van der Waals surface area contributed by atoms with E-state index in [2.05, 4.69) is 0 Å². The number of terminal acetylenes is 2. The maximum absolute atomic E-state index is 9.67. The van der Waals surface area contributed by atoms with Crippen molar-refractivity contribution >= 4 is 23.2 Å². The maximum Gasteiger partial charge on any atom is 0.181 e. The van der Waals surface area contributed by atoms with Crippen molar-refractivity contribution in [3.63, 3.8) is 0 Å². The highest BCUT2D eigenvalue weighted by Crippen LogP contribution is 2.38. The Labute approximate surface area is 91.8 Å². The zero-order valence-corrected chi connectivity index (χ0v) is 8.47. The SMILES string of the molecule is C#C[C@]1(O)C=C[C@@](O)(C#C)C(Cl)=C1Cl. The number of rotatable bonds is 0. The molecule has 0 aromatic rings. The second-order valence-corrected chi connectivity index (χ2v) is 3.54. The van der Waals surface area contributed by atoms with Gasteiger partial charge in [-0.05, 0) is 12.2 Å². The molecule has 0 spiro atoms. The van der Waals surface area contributed by atoms with Crippen LogP contribution in [-0.4, -0.2) is 21.4 Å². The molecule has 0 saturated heterocycles. The van der Waals surface area contributed by atoms with E-state index in [-0.39, 0.29) is 10.1 Å². The van der Waals surface area contributed by atoms with Crippen LogP contribution < -0.4 is 0 Å². The molecule has 1 rings (SSSR count). The van der Waals surface area contributed by atoms with Crippen LogP contribution >= 0.6 is 23.2 Å². The third-order valence-electron chi connectivity index (χ3n) is 1.87. The molecular weight excluding hydrogens is 223 g/mol. The Morgan fingerprint density at radius 1 is 1.00 bits per heavy atom. The average Bonchev–Trinajstić information content (AvgIpc) is 2.21. The third-order valence-corrected chi connectivity index (χ3v) is 2.92. The first kappa shape index (κ1) is 11.2. The summed E-state index contributed by atoms with van der Waals surface area (Å²) in [6.45, 7) is 0. The van der Waals surface area contributed by atoms with Gasteiger partial charge in [-0.1, -0.05) is 35.0 Å². The van der Waals surface area contributed by atoms with Crippen molar-refractivity contribution in [1.29, 1.82) is 0 Å². The van der Waals surface area contributed by atoms with Crippen molar-refractivity contribution < 1.29 is 10.2 Å². The van der Waals surface area contributed by atoms with Gasteiger partial charge in [-0.25, -0.2) is 0 Å². The first-order valence-corrected chi connectivity index (χ1v) is 4.32. The molecule has 2 atom stereocenters. The lowest BCUT2D eigenvalue weighted by Crippen LogP contribution is -2.36. The molecule has 0 amide bonds. The first-order chi connectivity index (χ1) is 6.39. The number of hydrogen-bond acceptors (Lipinski definition) is 2. The minimum absolute atomic E-state index is 0.260. The molecule has 0 aromatic carbocycles. The summed E-state index contributed by atoms with van der Waals surface area (Å²) in [4.78, 5) is 0. The Balaban J connectivity index is 3.35. The molecule has 1 aliphatic rings. The van der Waals surface area contributed by atoms with Crippen LogP contribution in [-0.2, 0) is 0 Å². The van der Waals surface area contributed by atoms with Gasteiger partial charge in [0.1, 0.15) is 0 Å². The summed E-state index contributed by atoms with van der Waals surface area (Å²) in [5.74, 6) is 4.07. The van der Waals surface area contributed by atoms with Crippen LogP contribution in [0, 0.1) is 24.7 Å². The van der Waals surface area contributed by atoms with Gasteiger partial charge in [0.2, 0.25) is 0 Å². The Morgan fingerprint density at radius 3 is 1.50 bits per heavy atom. The second kappa shape index (κ2) is 3.35. The fourth-order valence-electron chi connectivity index (χ4n) is 0.945. The van der Waals surface area contributed by atoms with E-state index < -0.39 is 11.2 Å². The van der Waals surface area contributed by atoms with E-state index in [1.807, 2.05) is 11.8 Å². The predicted molar refractivity (Wildman–Crippen MR) is 55.4 cm³/mol. The minimum atomic E-state index is -1.79. The van der Waals surface area contributed by atoms with E-state index in [0.717, 1.165) is 12.2 Å². The van der Waals surface area contributed by atoms with Crippen LogP contribution in [0.3, 0.4) is 0 Å². The molecule has 72 valence electrons. The summed E-state index contributed by atoms with van der Waals surface area (Å²) in [7, 11) is 0. The van der Waals surface area contributed by atoms with Crippen LogP contribution in [0.4, 0.5) is 0 Å². The molecule has 0 aliphatic heterocycles. The smallest absolute Gasteiger partial charge is 0.181 e. The maximum atomic E-state index is 9.67. The number of aliphatic hydroxyl groups is 2. The van der Waals surface area contributed by atoms with Crippen molar-refractivity contribution in [3.05, 3.63) is 22.2 Å². The molecule has 4 heteroatoms. The molecule has 0 saturated carbocycles. The summed E-state index contributed by atoms with van der Waals surface area (Å²) in [6, 6.07) is 0. The normalized spacial score (nSPS) is 36.4. The van der Waals surface area contributed by atoms with E-state index in [1.54, 1.807) is 0 Å². The lowest BCUT2D eigenvalue weighted by Gasteiger charge is -2.29. The molecule has 0 fully saturated rings. The van der Waals surface area contributed by atoms with Crippen LogP contribution in [0.5, 0.6) is 0 Å². The second-order valence-electron chi connectivity index (χ2n) is 2.78. The van der Waals surface area contributed by atoms with Gasteiger partial charge in [0, 0.05) is 0 Å². The third kappa shape index (κ3) is 1.43. The van der Waals surface area contributed by atoms with Gasteiger partial charge in [0.25, 0.3) is 0 Å². The van der Waals surface area contributed by atoms with Crippen molar-refractivity contribution in [2.45, 2.75) is 11.2 Å². The molecule has 0 unspecified atom stereocenters. The molecule has 2 nitrogen and oxygen atoms in total. The van der Waals surface area contributed by atoms with E-state index in [0.29, 0.717) is 0 Å². The van der Waals surface area contributed by atoms with Gasteiger partial charge in [-0.2, -0.15) is 0 Å². The molecule has 0 aromatic heterocycles. The molecule has 0 heterocycles. The van der Waals surface area contributed by atoms with Gasteiger partial charge in [-0.3, -0.25) is 0 Å². The highest BCUT2D eigenvalue weighted by atomic mass is 35.5. The molecule has 0 radical (unpaired) electrons. The summed E-state index contributed by atoms with van der Waals surface area (Å²) >= 11 is 11.4. The van der Waals surface area contributed by atoms with Crippen LogP contribution in [0.1, 0.15) is 0 Å². The van der Waals surface area contributed by atoms with E-state index in [1.165, 1.54) is 0 Å². The topological polar surface area (TPSA) is 40.5 Å². The van der Waals surface area contributed by atoms with Crippen LogP contribution in [0.15, 0.2) is 22.2 Å². The van der Waals surface area contributed by atoms with Gasteiger partial charge in [0.15, 0.2) is 11.2 Å². The zero-order chi connectivity index (χ0) is 11.0. The van der Waals surface area contributed by atoms with Gasteiger partial charge in [-0.15, -0.1) is 12.8 Å². The van der Waals surface area contributed by atoms with Crippen LogP contribution in [0.2, 0.25) is 0 Å². The standard InChI is InChI=1S/C10H6Cl2O2/c1-3-9(13)5-6-10(14,4-2)8(12)7(9)11/h1-2,5-6,13-14H/t9-,10-/m0/s1. The largest absolute Gasteiger partial charge is 0.369 e. The lowest BCUT2D eigenvalue weighted by molar-refractivity contribution is 0.162. The fourth-order valence-corrected chi connectivity index (χ4v) is 1.47. The van der Waals surface area contributed by atoms with E-state index in [9.17, 15) is 10.2 Å². The number of hydrogen-bond donors (Lipinski definition) is 2. The van der Waals surface area contributed by atoms with Crippen molar-refractivity contribution in [1.82, 2.24) is 0 Å². The van der Waals surface area contributed by atoms with E-state index in [4.69, 9.17) is 36.0 Å². The fraction of sp³-hybridized carbons (Fsp3) is 0.200. The van der Waals surface area contributed by atoms with Crippen LogP contribution in [0.25, 0.3) is 0 Å². The Morgan fingerprint density at radius 2 is 1.29 bits per heavy atom. The van der Waals surface area contributed by atoms with Gasteiger partial charge in [0.05, 0.1) is 10.1 Å². The Kier molecular flexibility index (Phi) is 2.67. The van der Waals surface area contributed by atoms with Crippen molar-refractivity contribution in [2.24, 2.45) is 0 Å². The summed E-state index contributed by atoms with van der Waals surface area (Å²) in [5.41, 5.74) is -3.58. The first-order valence-electron chi connectivity index (χ1n) is 3.56. The predicted octanol–water partition coefficient (Wildman–Crippen LogP) is 0.974. The summed E-state index contributed by atoms with van der Waals surface area (Å²) in [5, 5.41) is 18.8. The molecule has 2 N–H and O–H groups in total. The highest BCUT2D eigenvalue weighted by molar-refractivity contribution is 6.41. The average molecular weight is 229 g/mol. The zero-order valence-electron chi connectivity index (χ0n) is 6.96. The van der Waals surface area contributed by atoms with Gasteiger partial charge >= 0.3 is 0 Å².